The molecule has 26 heavy (non-hydrogen) atoms. The first-order valence-electron chi connectivity index (χ1n) is 9.16. The van der Waals surface area contributed by atoms with Crippen LogP contribution in [-0.4, -0.2) is 50.1 Å². The number of hydrogen-bond acceptors (Lipinski definition) is 7. The van der Waals surface area contributed by atoms with Crippen LogP contribution in [0, 0.1) is 5.92 Å². The van der Waals surface area contributed by atoms with Crippen LogP contribution in [-0.2, 0) is 16.0 Å². The summed E-state index contributed by atoms with van der Waals surface area (Å²) < 4.78 is 0. The summed E-state index contributed by atoms with van der Waals surface area (Å²) in [6, 6.07) is -1.50. The molecule has 1 aromatic heterocycles. The van der Waals surface area contributed by atoms with Crippen LogP contribution in [0.4, 0.5) is 0 Å². The zero-order valence-corrected chi connectivity index (χ0v) is 15.0. The van der Waals surface area contributed by atoms with Gasteiger partial charge in [0.1, 0.15) is 0 Å². The Morgan fingerprint density at radius 2 is 2.00 bits per heavy atom. The van der Waals surface area contributed by atoms with Gasteiger partial charge >= 0.3 is 0 Å². The van der Waals surface area contributed by atoms with Crippen molar-refractivity contribution < 1.29 is 14.7 Å². The van der Waals surface area contributed by atoms with E-state index in [-0.39, 0.29) is 12.8 Å². The Labute approximate surface area is 153 Å². The molecule has 2 amide bonds. The lowest BCUT2D eigenvalue weighted by molar-refractivity contribution is -0.147. The van der Waals surface area contributed by atoms with E-state index in [1.54, 1.807) is 6.20 Å². The number of carbonyl (C=O) groups excluding carboxylic acids is 2. The summed E-state index contributed by atoms with van der Waals surface area (Å²) in [6.07, 6.45) is 8.42. The number of H-pyrrole nitrogens is 1. The average molecular weight is 366 g/mol. The Kier molecular flexibility index (Phi) is 7.70. The number of aromatic amines is 1. The minimum atomic E-state index is -1.04. The smallest absolute Gasteiger partial charge is 0.260 e. The number of nitrogens with two attached hydrogens (primary N) is 3. The lowest BCUT2D eigenvalue weighted by atomic mass is 9.83. The molecule has 9 heteroatoms. The number of imide groups is 1. The first-order chi connectivity index (χ1) is 12.4. The molecule has 1 aliphatic rings. The van der Waals surface area contributed by atoms with E-state index in [0.717, 1.165) is 12.8 Å². The van der Waals surface area contributed by atoms with Crippen LogP contribution in [0.2, 0.25) is 0 Å². The third-order valence-electron chi connectivity index (χ3n) is 5.02. The summed E-state index contributed by atoms with van der Waals surface area (Å²) >= 11 is 0. The third kappa shape index (κ3) is 5.87. The quantitative estimate of drug-likeness (QED) is 0.236. The summed E-state index contributed by atoms with van der Waals surface area (Å²) in [5.74, 6) is 4.67. The molecule has 0 saturated heterocycles. The van der Waals surface area contributed by atoms with Crippen molar-refractivity contribution in [2.45, 2.75) is 69.6 Å². The van der Waals surface area contributed by atoms with Gasteiger partial charge < -0.3 is 21.6 Å². The van der Waals surface area contributed by atoms with E-state index in [9.17, 15) is 14.7 Å². The highest BCUT2D eigenvalue weighted by Gasteiger charge is 2.29. The molecule has 3 atom stereocenters. The number of rotatable bonds is 8. The van der Waals surface area contributed by atoms with Crippen molar-refractivity contribution in [1.82, 2.24) is 15.0 Å². The second-order valence-corrected chi connectivity index (χ2v) is 7.15. The van der Waals surface area contributed by atoms with Crippen molar-refractivity contribution in [1.29, 1.82) is 0 Å². The van der Waals surface area contributed by atoms with Gasteiger partial charge in [0.2, 0.25) is 5.91 Å². The van der Waals surface area contributed by atoms with Crippen LogP contribution in [0.15, 0.2) is 12.5 Å². The van der Waals surface area contributed by atoms with Gasteiger partial charge in [-0.3, -0.25) is 9.59 Å². The van der Waals surface area contributed by atoms with Crippen molar-refractivity contribution >= 4 is 11.8 Å². The fraction of sp³-hybridized carbons (Fsp3) is 0.706. The number of hydrazine groups is 1. The summed E-state index contributed by atoms with van der Waals surface area (Å²) in [5.41, 5.74) is 12.4. The molecule has 0 spiro atoms. The number of nitrogens with zero attached hydrogens (tertiary/aromatic N) is 2. The summed E-state index contributed by atoms with van der Waals surface area (Å²) in [6.45, 7) is 0. The zero-order chi connectivity index (χ0) is 19.1. The molecule has 9 nitrogen and oxygen atoms in total. The fourth-order valence-corrected chi connectivity index (χ4v) is 3.41. The molecule has 0 bridgehead atoms. The Morgan fingerprint density at radius 3 is 2.62 bits per heavy atom. The largest absolute Gasteiger partial charge is 0.391 e. The van der Waals surface area contributed by atoms with Gasteiger partial charge in [-0.25, -0.2) is 15.8 Å². The van der Waals surface area contributed by atoms with Gasteiger partial charge in [0.15, 0.2) is 0 Å². The number of aliphatic hydroxyl groups excluding tert-OH is 1. The van der Waals surface area contributed by atoms with Crippen LogP contribution < -0.4 is 17.3 Å². The molecule has 2 rings (SSSR count). The number of aromatic nitrogens is 2. The van der Waals surface area contributed by atoms with Crippen molar-refractivity contribution in [3.05, 3.63) is 18.2 Å². The lowest BCUT2D eigenvalue weighted by Crippen LogP contribution is -2.53. The van der Waals surface area contributed by atoms with E-state index in [0.29, 0.717) is 23.0 Å². The molecule has 146 valence electrons. The monoisotopic (exact) mass is 366 g/mol. The standard InChI is InChI=1S/C17H30N6O3/c18-13(6-11-4-2-1-3-5-11)15(24)8-16(25)23(20)17(26)14(19)7-12-9-21-10-22-12/h9-11,13-15,24H,1-8,18-20H2,(H,21,22)/t13-,14-,15-/m0/s1. The lowest BCUT2D eigenvalue weighted by Gasteiger charge is -2.27. The molecule has 1 fully saturated rings. The van der Waals surface area contributed by atoms with Gasteiger partial charge in [0.05, 0.1) is 30.6 Å². The van der Waals surface area contributed by atoms with Gasteiger partial charge in [-0.1, -0.05) is 32.1 Å². The summed E-state index contributed by atoms with van der Waals surface area (Å²) in [5, 5.41) is 10.7. The van der Waals surface area contributed by atoms with Crippen LogP contribution >= 0.6 is 0 Å². The predicted octanol–water partition coefficient (Wildman–Crippen LogP) is -0.443. The third-order valence-corrected chi connectivity index (χ3v) is 5.02. The highest BCUT2D eigenvalue weighted by atomic mass is 16.3. The Balaban J connectivity index is 1.79. The molecule has 0 unspecified atom stereocenters. The SMILES string of the molecule is N[C@@H](Cc1c[nH]cn1)C(=O)N(N)C(=O)C[C@H](O)[C@@H](N)CC1CCCCC1. The Hall–Kier alpha value is -1.81. The van der Waals surface area contributed by atoms with E-state index >= 15 is 0 Å². The van der Waals surface area contributed by atoms with Gasteiger partial charge in [0, 0.05) is 18.7 Å². The van der Waals surface area contributed by atoms with Crippen LogP contribution in [0.1, 0.15) is 50.6 Å². The van der Waals surface area contributed by atoms with Crippen LogP contribution in [0.25, 0.3) is 0 Å². The maximum atomic E-state index is 12.2. The molecule has 0 aliphatic heterocycles. The number of carbonyl (C=O) groups is 2. The van der Waals surface area contributed by atoms with E-state index in [4.69, 9.17) is 17.3 Å². The molecule has 1 heterocycles. The summed E-state index contributed by atoms with van der Waals surface area (Å²) in [4.78, 5) is 31.1. The fourth-order valence-electron chi connectivity index (χ4n) is 3.41. The second kappa shape index (κ2) is 9.77. The van der Waals surface area contributed by atoms with Gasteiger partial charge in [-0.15, -0.1) is 0 Å². The highest BCUT2D eigenvalue weighted by molar-refractivity contribution is 5.97. The van der Waals surface area contributed by atoms with Crippen LogP contribution in [0.3, 0.4) is 0 Å². The van der Waals surface area contributed by atoms with E-state index in [2.05, 4.69) is 9.97 Å². The average Bonchev–Trinajstić information content (AvgIpc) is 3.14. The number of hydrogen-bond donors (Lipinski definition) is 5. The summed E-state index contributed by atoms with van der Waals surface area (Å²) in [7, 11) is 0. The molecular formula is C17H30N6O3. The van der Waals surface area contributed by atoms with Crippen molar-refractivity contribution in [3.63, 3.8) is 0 Å². The van der Waals surface area contributed by atoms with Gasteiger partial charge in [-0.05, 0) is 12.3 Å². The Bertz CT molecular complexity index is 573. The maximum absolute atomic E-state index is 12.2. The van der Waals surface area contributed by atoms with Crippen LogP contribution in [0.5, 0.6) is 0 Å². The first kappa shape index (κ1) is 20.5. The van der Waals surface area contributed by atoms with Crippen molar-refractivity contribution in [3.8, 4) is 0 Å². The molecule has 1 aliphatic carbocycles. The number of nitrogens with one attached hydrogen (secondary N) is 1. The van der Waals surface area contributed by atoms with E-state index in [1.165, 1.54) is 25.6 Å². The van der Waals surface area contributed by atoms with Crippen molar-refractivity contribution in [2.24, 2.45) is 23.2 Å². The van der Waals surface area contributed by atoms with Gasteiger partial charge in [-0.2, -0.15) is 0 Å². The number of aliphatic hydroxyl groups is 1. The minimum Gasteiger partial charge on any atom is -0.391 e. The molecular weight excluding hydrogens is 336 g/mol. The zero-order valence-electron chi connectivity index (χ0n) is 15.0. The Morgan fingerprint density at radius 1 is 1.31 bits per heavy atom. The van der Waals surface area contributed by atoms with Crippen molar-refractivity contribution in [2.75, 3.05) is 0 Å². The topological polar surface area (TPSA) is 164 Å². The number of imidazole rings is 1. The number of amides is 2. The second-order valence-electron chi connectivity index (χ2n) is 7.15. The molecule has 0 aromatic carbocycles. The van der Waals surface area contributed by atoms with Gasteiger partial charge in [0.25, 0.3) is 5.91 Å². The molecule has 8 N–H and O–H groups in total. The van der Waals surface area contributed by atoms with E-state index in [1.807, 2.05) is 0 Å². The normalized spacial score (nSPS) is 18.9. The molecule has 1 saturated carbocycles. The minimum absolute atomic E-state index is 0.160. The molecule has 1 aromatic rings. The first-order valence-corrected chi connectivity index (χ1v) is 9.16. The molecule has 0 radical (unpaired) electrons. The highest BCUT2D eigenvalue weighted by Crippen LogP contribution is 2.27. The maximum Gasteiger partial charge on any atom is 0.260 e. The van der Waals surface area contributed by atoms with E-state index < -0.39 is 30.0 Å². The predicted molar refractivity (Wildman–Crippen MR) is 96.1 cm³/mol.